The number of H-pyrrole nitrogens is 1. The molecule has 1 aromatic carbocycles. The van der Waals surface area contributed by atoms with Crippen LogP contribution in [0.15, 0.2) is 47.4 Å². The molecule has 1 fully saturated rings. The third kappa shape index (κ3) is 3.65. The molecule has 1 heterocycles. The Bertz CT molecular complexity index is 1410. The van der Waals surface area contributed by atoms with E-state index in [9.17, 15) is 34.8 Å². The number of aromatic amines is 1. The van der Waals surface area contributed by atoms with E-state index in [2.05, 4.69) is 10.3 Å². The van der Waals surface area contributed by atoms with Crippen molar-refractivity contribution in [3.8, 4) is 5.75 Å². The van der Waals surface area contributed by atoms with Crippen molar-refractivity contribution in [2.45, 2.75) is 37.6 Å². The quantitative estimate of drug-likeness (QED) is 0.266. The predicted octanol–water partition coefficient (Wildman–Crippen LogP) is 0.582. The SMILES string of the molecule is CN(C)[C@@H]1C(=O)C(C(N)=O)=C(O)[C@@]2(O)C(=O)C3=C(O)c4c(O)ccc(CNCc5ccc[nH]5)c4C[C@H]3C[C@@H]12. The number of nitrogens with one attached hydrogen (secondary N) is 2. The Balaban J connectivity index is 1.60. The van der Waals surface area contributed by atoms with Crippen molar-refractivity contribution in [1.82, 2.24) is 15.2 Å². The fourth-order valence-corrected chi connectivity index (χ4v) is 6.28. The van der Waals surface area contributed by atoms with Crippen molar-refractivity contribution in [2.75, 3.05) is 14.1 Å². The van der Waals surface area contributed by atoms with Crippen LogP contribution in [-0.4, -0.2) is 73.5 Å². The van der Waals surface area contributed by atoms with Crippen LogP contribution in [0, 0.1) is 11.8 Å². The second kappa shape index (κ2) is 9.12. The predicted molar refractivity (Wildman–Crippen MR) is 136 cm³/mol. The minimum absolute atomic E-state index is 0.0523. The zero-order valence-corrected chi connectivity index (χ0v) is 21.0. The zero-order valence-electron chi connectivity index (χ0n) is 21.0. The average molecular weight is 523 g/mol. The van der Waals surface area contributed by atoms with Gasteiger partial charge < -0.3 is 36.5 Å². The van der Waals surface area contributed by atoms with Crippen molar-refractivity contribution < 1.29 is 34.8 Å². The van der Waals surface area contributed by atoms with E-state index in [4.69, 9.17) is 5.73 Å². The number of fused-ring (bicyclic) bond motifs is 3. The number of aromatic nitrogens is 1. The lowest BCUT2D eigenvalue weighted by Crippen LogP contribution is -2.65. The third-order valence-corrected chi connectivity index (χ3v) is 7.99. The molecule has 0 bridgehead atoms. The van der Waals surface area contributed by atoms with Crippen LogP contribution in [0.2, 0.25) is 0 Å². The molecule has 0 unspecified atom stereocenters. The Morgan fingerprint density at radius 3 is 2.55 bits per heavy atom. The number of nitrogens with zero attached hydrogens (tertiary/aromatic N) is 1. The van der Waals surface area contributed by atoms with E-state index in [-0.39, 0.29) is 29.7 Å². The molecule has 0 saturated heterocycles. The summed E-state index contributed by atoms with van der Waals surface area (Å²) in [5.74, 6) is -6.60. The van der Waals surface area contributed by atoms with Crippen LogP contribution in [0.1, 0.15) is 28.8 Å². The number of nitrogens with two attached hydrogens (primary N) is 1. The van der Waals surface area contributed by atoms with Crippen LogP contribution in [0.3, 0.4) is 0 Å². The first-order valence-electron chi connectivity index (χ1n) is 12.3. The van der Waals surface area contributed by atoms with Gasteiger partial charge in [0, 0.05) is 36.5 Å². The number of ketones is 2. The number of rotatable bonds is 6. The first-order chi connectivity index (χ1) is 18.0. The topological polar surface area (TPSA) is 189 Å². The molecule has 8 N–H and O–H groups in total. The molecule has 200 valence electrons. The highest BCUT2D eigenvalue weighted by Gasteiger charge is 2.64. The lowest BCUT2D eigenvalue weighted by Gasteiger charge is -2.50. The standard InChI is InChI=1S/C27H30N4O7/c1-31(2)21-16-9-13-8-15-12(10-29-11-14-4-3-7-30-14)5-6-17(32)19(15)22(33)18(13)24(35)27(16,38)25(36)20(23(21)34)26(28)37/h3-7,13,16,21,29-30,32-33,36,38H,8-11H2,1-2H3,(H2,28,37)/t13-,16-,21-,27-/m0/s1. The van der Waals surface area contributed by atoms with Crippen LogP contribution < -0.4 is 11.1 Å². The summed E-state index contributed by atoms with van der Waals surface area (Å²) in [7, 11) is 3.14. The first-order valence-corrected chi connectivity index (χ1v) is 12.3. The molecular formula is C27H30N4O7. The summed E-state index contributed by atoms with van der Waals surface area (Å²) in [5.41, 5.74) is 4.24. The van der Waals surface area contributed by atoms with Crippen molar-refractivity contribution in [3.05, 3.63) is 69.8 Å². The van der Waals surface area contributed by atoms with Gasteiger partial charge in [-0.3, -0.25) is 19.3 Å². The van der Waals surface area contributed by atoms with Gasteiger partial charge in [0.1, 0.15) is 22.8 Å². The van der Waals surface area contributed by atoms with Gasteiger partial charge in [-0.15, -0.1) is 0 Å². The number of phenols is 1. The van der Waals surface area contributed by atoms with E-state index >= 15 is 0 Å². The van der Waals surface area contributed by atoms with Gasteiger partial charge in [-0.25, -0.2) is 0 Å². The summed E-state index contributed by atoms with van der Waals surface area (Å²) < 4.78 is 0. The minimum Gasteiger partial charge on any atom is -0.508 e. The van der Waals surface area contributed by atoms with E-state index in [1.165, 1.54) is 11.0 Å². The second-order valence-electron chi connectivity index (χ2n) is 10.4. The molecule has 0 radical (unpaired) electrons. The number of likely N-dealkylation sites (N-methyl/N-ethyl adjacent to an activating group) is 1. The van der Waals surface area contributed by atoms with Gasteiger partial charge in [0.2, 0.25) is 5.78 Å². The number of primary amides is 1. The molecule has 1 aromatic heterocycles. The zero-order chi connectivity index (χ0) is 27.5. The number of phenolic OH excluding ortho intramolecular Hbond substituents is 1. The number of benzene rings is 1. The third-order valence-electron chi connectivity index (χ3n) is 7.99. The molecule has 0 aliphatic heterocycles. The number of aliphatic hydroxyl groups is 3. The lowest BCUT2D eigenvalue weighted by molar-refractivity contribution is -0.153. The Kier molecular flexibility index (Phi) is 6.17. The van der Waals surface area contributed by atoms with Gasteiger partial charge in [-0.2, -0.15) is 0 Å². The van der Waals surface area contributed by atoms with Crippen LogP contribution in [0.5, 0.6) is 5.75 Å². The smallest absolute Gasteiger partial charge is 0.255 e. The van der Waals surface area contributed by atoms with E-state index in [1.807, 2.05) is 18.3 Å². The number of amides is 1. The summed E-state index contributed by atoms with van der Waals surface area (Å²) in [4.78, 5) is 43.7. The summed E-state index contributed by atoms with van der Waals surface area (Å²) >= 11 is 0. The molecule has 38 heavy (non-hydrogen) atoms. The van der Waals surface area contributed by atoms with Gasteiger partial charge in [-0.1, -0.05) is 6.07 Å². The van der Waals surface area contributed by atoms with Crippen LogP contribution in [0.4, 0.5) is 0 Å². The molecule has 0 spiro atoms. The number of carbonyl (C=O) groups excluding carboxylic acids is 3. The molecule has 11 heteroatoms. The molecule has 3 aliphatic rings. The normalized spacial score (nSPS) is 26.9. The number of aliphatic hydroxyl groups excluding tert-OH is 2. The molecule has 2 aromatic rings. The van der Waals surface area contributed by atoms with Crippen molar-refractivity contribution in [1.29, 1.82) is 0 Å². The Morgan fingerprint density at radius 1 is 1.18 bits per heavy atom. The summed E-state index contributed by atoms with van der Waals surface area (Å²) in [6.45, 7) is 0.982. The highest BCUT2D eigenvalue weighted by Crippen LogP contribution is 2.52. The number of hydrogen-bond donors (Lipinski definition) is 7. The fraction of sp³-hybridized carbons (Fsp3) is 0.370. The molecular weight excluding hydrogens is 492 g/mol. The largest absolute Gasteiger partial charge is 0.508 e. The second-order valence-corrected chi connectivity index (χ2v) is 10.4. The number of hydrogen-bond acceptors (Lipinski definition) is 9. The molecule has 11 nitrogen and oxygen atoms in total. The Labute approximate surface area is 218 Å². The molecule has 5 rings (SSSR count). The Hall–Kier alpha value is -3.93. The fourth-order valence-electron chi connectivity index (χ4n) is 6.28. The van der Waals surface area contributed by atoms with Gasteiger partial charge >= 0.3 is 0 Å². The molecule has 1 amide bonds. The molecule has 4 atom stereocenters. The van der Waals surface area contributed by atoms with E-state index in [1.54, 1.807) is 20.2 Å². The van der Waals surface area contributed by atoms with Gasteiger partial charge in [0.25, 0.3) is 5.91 Å². The van der Waals surface area contributed by atoms with Gasteiger partial charge in [0.05, 0.1) is 11.6 Å². The van der Waals surface area contributed by atoms with E-state index in [0.29, 0.717) is 18.7 Å². The van der Waals surface area contributed by atoms with Gasteiger partial charge in [0.15, 0.2) is 11.4 Å². The number of Topliss-reactive ketones (excluding diaryl/α,β-unsaturated/α-hetero) is 2. The van der Waals surface area contributed by atoms with Crippen LogP contribution in [0.25, 0.3) is 5.76 Å². The monoisotopic (exact) mass is 522 g/mol. The summed E-state index contributed by atoms with van der Waals surface area (Å²) in [6.07, 6.45) is 2.13. The van der Waals surface area contributed by atoms with Crippen molar-refractivity contribution in [2.24, 2.45) is 17.6 Å². The summed E-state index contributed by atoms with van der Waals surface area (Å²) in [6, 6.07) is 5.89. The van der Waals surface area contributed by atoms with E-state index in [0.717, 1.165) is 11.3 Å². The van der Waals surface area contributed by atoms with Crippen molar-refractivity contribution >= 4 is 23.2 Å². The minimum atomic E-state index is -2.64. The maximum Gasteiger partial charge on any atom is 0.255 e. The molecule has 3 aliphatic carbocycles. The van der Waals surface area contributed by atoms with E-state index < -0.39 is 58.0 Å². The lowest BCUT2D eigenvalue weighted by atomic mass is 9.57. The van der Waals surface area contributed by atoms with Crippen molar-refractivity contribution in [3.63, 3.8) is 0 Å². The summed E-state index contributed by atoms with van der Waals surface area (Å²) in [5, 5.41) is 47.8. The number of aromatic hydroxyl groups is 1. The van der Waals surface area contributed by atoms with Crippen LogP contribution in [-0.2, 0) is 33.9 Å². The maximum absolute atomic E-state index is 13.8. The van der Waals surface area contributed by atoms with Gasteiger partial charge in [-0.05, 0) is 62.2 Å². The van der Waals surface area contributed by atoms with Crippen LogP contribution >= 0.6 is 0 Å². The maximum atomic E-state index is 13.8. The molecule has 1 saturated carbocycles. The average Bonchev–Trinajstić information content (AvgIpc) is 3.36. The highest BCUT2D eigenvalue weighted by atomic mass is 16.3. The first kappa shape index (κ1) is 25.7. The number of carbonyl (C=O) groups is 3. The Morgan fingerprint density at radius 2 is 1.92 bits per heavy atom. The highest BCUT2D eigenvalue weighted by molar-refractivity contribution is 6.24.